The molecule has 0 heterocycles. The van der Waals surface area contributed by atoms with Gasteiger partial charge in [-0.2, -0.15) is 0 Å². The Kier molecular flexibility index (Phi) is 12.8. The molecule has 0 radical (unpaired) electrons. The van der Waals surface area contributed by atoms with Gasteiger partial charge in [-0.25, -0.2) is 9.18 Å². The minimum Gasteiger partial charge on any atom is -0.493 e. The Hall–Kier alpha value is -2.01. The quantitative estimate of drug-likeness (QED) is 0.0699. The van der Waals surface area contributed by atoms with Crippen LogP contribution in [0.15, 0.2) is 54.3 Å². The molecular formula is C34H55FO6Si2. The predicted octanol–water partition coefficient (Wildman–Crippen LogP) is 8.85. The molecule has 1 aliphatic carbocycles. The van der Waals surface area contributed by atoms with Crippen LogP contribution in [0.3, 0.4) is 0 Å². The lowest BCUT2D eigenvalue weighted by atomic mass is 9.91. The molecule has 0 amide bonds. The highest BCUT2D eigenvalue weighted by Gasteiger charge is 2.54. The third-order valence-corrected chi connectivity index (χ3v) is 18.3. The smallest absolute Gasteiger partial charge is 0.362 e. The molecule has 0 spiro atoms. The molecule has 3 atom stereocenters. The van der Waals surface area contributed by atoms with Gasteiger partial charge in [0.15, 0.2) is 16.6 Å². The van der Waals surface area contributed by atoms with Crippen molar-refractivity contribution in [2.24, 2.45) is 11.8 Å². The summed E-state index contributed by atoms with van der Waals surface area (Å²) in [5, 5.41) is 20.8. The van der Waals surface area contributed by atoms with E-state index < -0.39 is 34.5 Å². The zero-order chi connectivity index (χ0) is 32.7. The molecule has 0 aromatic heterocycles. The maximum Gasteiger partial charge on any atom is 0.362 e. The second-order valence-electron chi connectivity index (χ2n) is 14.8. The highest BCUT2D eigenvalue weighted by atomic mass is 28.4. The van der Waals surface area contributed by atoms with Crippen LogP contribution < -0.4 is 4.74 Å². The van der Waals surface area contributed by atoms with Gasteiger partial charge >= 0.3 is 5.97 Å². The number of benzene rings is 1. The van der Waals surface area contributed by atoms with Crippen LogP contribution in [0.5, 0.6) is 5.75 Å². The molecule has 0 saturated heterocycles. The van der Waals surface area contributed by atoms with Crippen molar-refractivity contribution >= 4 is 22.6 Å². The number of aliphatic carboxylic acids is 1. The first-order chi connectivity index (χ1) is 19.7. The van der Waals surface area contributed by atoms with E-state index in [1.165, 1.54) is 12.1 Å². The molecule has 0 aliphatic heterocycles. The van der Waals surface area contributed by atoms with Crippen LogP contribution >= 0.6 is 0 Å². The van der Waals surface area contributed by atoms with Crippen LogP contribution in [-0.2, 0) is 13.6 Å². The molecule has 6 nitrogen and oxygen atoms in total. The molecule has 1 aliphatic rings. The molecular weight excluding hydrogens is 580 g/mol. The van der Waals surface area contributed by atoms with E-state index in [0.717, 1.165) is 12.8 Å². The van der Waals surface area contributed by atoms with Crippen molar-refractivity contribution in [3.8, 4) is 5.75 Å². The van der Waals surface area contributed by atoms with E-state index >= 15 is 0 Å². The third kappa shape index (κ3) is 10.5. The maximum absolute atomic E-state index is 13.1. The first-order valence-electron chi connectivity index (χ1n) is 15.5. The van der Waals surface area contributed by atoms with E-state index in [-0.39, 0.29) is 34.2 Å². The second-order valence-corrected chi connectivity index (χ2v) is 24.2. The average molecular weight is 635 g/mol. The molecule has 1 aromatic carbocycles. The first kappa shape index (κ1) is 37.2. The van der Waals surface area contributed by atoms with Gasteiger partial charge in [0.2, 0.25) is 0 Å². The van der Waals surface area contributed by atoms with Crippen LogP contribution in [0.25, 0.3) is 0 Å². The van der Waals surface area contributed by atoms with Crippen molar-refractivity contribution < 1.29 is 33.0 Å². The molecule has 0 bridgehead atoms. The maximum atomic E-state index is 13.1. The summed E-state index contributed by atoms with van der Waals surface area (Å²) < 4.78 is 31.9. The Morgan fingerprint density at radius 1 is 0.977 bits per heavy atom. The molecule has 1 saturated carbocycles. The fraction of sp³-hybridized carbons (Fsp3) is 0.647. The Bertz CT molecular complexity index is 1110. The van der Waals surface area contributed by atoms with Gasteiger partial charge in [-0.15, -0.1) is 5.73 Å². The molecule has 9 heteroatoms. The minimum atomic E-state index is -2.52. The summed E-state index contributed by atoms with van der Waals surface area (Å²) in [5.74, 6) is -2.26. The van der Waals surface area contributed by atoms with Gasteiger partial charge in [-0.05, 0) is 110 Å². The van der Waals surface area contributed by atoms with Crippen LogP contribution in [0.2, 0.25) is 36.3 Å². The Morgan fingerprint density at radius 3 is 2.05 bits per heavy atom. The van der Waals surface area contributed by atoms with E-state index in [1.54, 1.807) is 18.2 Å². The fourth-order valence-corrected chi connectivity index (χ4v) is 7.35. The SMILES string of the molecule is CC(C)(C)[Si](C)(C)OC(CC=C=CC[C@H]1[C@@H](O)CC[C@@H]1C=CCCOc1ccc(F)cc1)(O[Si](C)(C)C(C)(C)C)C(=O)O. The summed E-state index contributed by atoms with van der Waals surface area (Å²) in [6.07, 6.45) is 10.5. The summed E-state index contributed by atoms with van der Waals surface area (Å²) in [6, 6.07) is 5.98. The zero-order valence-electron chi connectivity index (χ0n) is 28.0. The number of carboxylic acids is 1. The van der Waals surface area contributed by atoms with Gasteiger partial charge < -0.3 is 23.8 Å². The Labute approximate surface area is 261 Å². The second kappa shape index (κ2) is 14.8. The summed E-state index contributed by atoms with van der Waals surface area (Å²) in [4.78, 5) is 12.9. The lowest BCUT2D eigenvalue weighted by molar-refractivity contribution is -0.191. The van der Waals surface area contributed by atoms with Crippen LogP contribution in [-0.4, -0.2) is 51.3 Å². The Morgan fingerprint density at radius 2 is 1.53 bits per heavy atom. The largest absolute Gasteiger partial charge is 0.493 e. The van der Waals surface area contributed by atoms with Gasteiger partial charge in [0.1, 0.15) is 11.6 Å². The fourth-order valence-electron chi connectivity index (χ4n) is 4.58. The van der Waals surface area contributed by atoms with Gasteiger partial charge in [-0.1, -0.05) is 53.7 Å². The number of halogens is 1. The predicted molar refractivity (Wildman–Crippen MR) is 177 cm³/mol. The highest BCUT2D eigenvalue weighted by Crippen LogP contribution is 2.45. The number of aliphatic hydroxyl groups excluding tert-OH is 1. The van der Waals surface area contributed by atoms with Crippen molar-refractivity contribution in [3.63, 3.8) is 0 Å². The van der Waals surface area contributed by atoms with E-state index in [2.05, 4.69) is 59.4 Å². The van der Waals surface area contributed by atoms with Crippen LogP contribution in [0.1, 0.15) is 73.6 Å². The summed E-state index contributed by atoms with van der Waals surface area (Å²) in [5.41, 5.74) is 3.19. The van der Waals surface area contributed by atoms with E-state index in [9.17, 15) is 19.4 Å². The van der Waals surface area contributed by atoms with Crippen molar-refractivity contribution in [2.45, 2.75) is 122 Å². The molecule has 0 unspecified atom stereocenters. The third-order valence-electron chi connectivity index (χ3n) is 9.36. The molecule has 2 rings (SSSR count). The van der Waals surface area contributed by atoms with Crippen molar-refractivity contribution in [2.75, 3.05) is 6.61 Å². The van der Waals surface area contributed by atoms with Crippen molar-refractivity contribution in [1.82, 2.24) is 0 Å². The number of aliphatic hydroxyl groups is 1. The topological polar surface area (TPSA) is 85.2 Å². The normalized spacial score (nSPS) is 20.2. The van der Waals surface area contributed by atoms with Crippen molar-refractivity contribution in [1.29, 1.82) is 0 Å². The van der Waals surface area contributed by atoms with Gasteiger partial charge in [0, 0.05) is 6.42 Å². The number of carbonyl (C=O) groups is 1. The number of ether oxygens (including phenoxy) is 1. The Balaban J connectivity index is 2.13. The molecule has 2 N–H and O–H groups in total. The molecule has 1 aromatic rings. The van der Waals surface area contributed by atoms with Gasteiger partial charge in [0.25, 0.3) is 5.79 Å². The van der Waals surface area contributed by atoms with E-state index in [0.29, 0.717) is 25.2 Å². The number of carboxylic acid groups (broad SMARTS) is 1. The van der Waals surface area contributed by atoms with E-state index in [1.807, 2.05) is 32.3 Å². The standard InChI is InChI=1S/C34H55FO6Si2/c1-32(2,3)42(7,8)40-34(31(37)38,41-43(9,10)33(4,5)6)24-14-11-12-17-29-26(18-23-30(29)36)16-13-15-25-39-28-21-19-27(35)20-22-28/h12-14,16,19-22,26,29-30,36H,15,17-18,23-25H2,1-10H3,(H,37,38)/t11?,26-,29+,30-/m0/s1. The zero-order valence-corrected chi connectivity index (χ0v) is 30.0. The van der Waals surface area contributed by atoms with Crippen molar-refractivity contribution in [3.05, 3.63) is 60.1 Å². The molecule has 1 fully saturated rings. The van der Waals surface area contributed by atoms with E-state index in [4.69, 9.17) is 13.6 Å². The van der Waals surface area contributed by atoms with Crippen LogP contribution in [0.4, 0.5) is 4.39 Å². The summed E-state index contributed by atoms with van der Waals surface area (Å²) in [7, 11) is -5.03. The summed E-state index contributed by atoms with van der Waals surface area (Å²) in [6.45, 7) is 21.2. The number of hydrogen-bond donors (Lipinski definition) is 2. The van der Waals surface area contributed by atoms with Gasteiger partial charge in [-0.3, -0.25) is 0 Å². The minimum absolute atomic E-state index is 0.0441. The number of allylic oxidation sites excluding steroid dienone is 1. The molecule has 43 heavy (non-hydrogen) atoms. The lowest BCUT2D eigenvalue weighted by Gasteiger charge is -2.48. The average Bonchev–Trinajstić information content (AvgIpc) is 3.21. The monoisotopic (exact) mass is 634 g/mol. The van der Waals surface area contributed by atoms with Gasteiger partial charge in [0.05, 0.1) is 12.7 Å². The number of rotatable bonds is 14. The lowest BCUT2D eigenvalue weighted by Crippen LogP contribution is -2.60. The molecule has 242 valence electrons. The summed E-state index contributed by atoms with van der Waals surface area (Å²) >= 11 is 0. The van der Waals surface area contributed by atoms with Crippen LogP contribution in [0, 0.1) is 17.7 Å². The number of hydrogen-bond acceptors (Lipinski definition) is 5. The first-order valence-corrected chi connectivity index (χ1v) is 21.3. The highest BCUT2D eigenvalue weighted by molar-refractivity contribution is 6.75.